The van der Waals surface area contributed by atoms with Crippen LogP contribution in [0.25, 0.3) is 10.6 Å². The highest BCUT2D eigenvalue weighted by atomic mass is 32.1. The summed E-state index contributed by atoms with van der Waals surface area (Å²) in [7, 11) is 0. The third kappa shape index (κ3) is 4.62. The summed E-state index contributed by atoms with van der Waals surface area (Å²) in [5, 5.41) is 3.13. The van der Waals surface area contributed by atoms with E-state index in [1.54, 1.807) is 17.4 Å². The lowest BCUT2D eigenvalue weighted by Crippen LogP contribution is -2.46. The maximum absolute atomic E-state index is 13.0. The van der Waals surface area contributed by atoms with Crippen LogP contribution in [0.5, 0.6) is 0 Å². The molecule has 0 spiro atoms. The van der Waals surface area contributed by atoms with E-state index < -0.39 is 11.7 Å². The molecule has 3 nitrogen and oxygen atoms in total. The standard InChI is InChI=1S/C22H22F3N3S/c1-16-5-2-3-8-20(16)21-26-18(15-29-21)14-27-9-11-28(12-10-27)19-7-4-6-17(13-19)22(23,24)25/h2-8,13,15H,9-12,14H2,1H3. The fourth-order valence-corrected chi connectivity index (χ4v) is 4.49. The first kappa shape index (κ1) is 19.9. The Morgan fingerprint density at radius 2 is 1.76 bits per heavy atom. The van der Waals surface area contributed by atoms with Crippen LogP contribution in [0.1, 0.15) is 16.8 Å². The summed E-state index contributed by atoms with van der Waals surface area (Å²) in [6.07, 6.45) is -4.31. The summed E-state index contributed by atoms with van der Waals surface area (Å²) in [4.78, 5) is 9.12. The van der Waals surface area contributed by atoms with Gasteiger partial charge < -0.3 is 4.90 Å². The minimum atomic E-state index is -4.31. The van der Waals surface area contributed by atoms with Gasteiger partial charge in [-0.1, -0.05) is 30.3 Å². The van der Waals surface area contributed by atoms with Crippen molar-refractivity contribution in [1.82, 2.24) is 9.88 Å². The van der Waals surface area contributed by atoms with E-state index >= 15 is 0 Å². The Labute approximate surface area is 172 Å². The molecule has 0 saturated carbocycles. The molecule has 0 radical (unpaired) electrons. The number of piperazine rings is 1. The zero-order valence-electron chi connectivity index (χ0n) is 16.1. The average Bonchev–Trinajstić information content (AvgIpc) is 3.16. The van der Waals surface area contributed by atoms with Gasteiger partial charge in [0.2, 0.25) is 0 Å². The molecular formula is C22H22F3N3S. The molecule has 1 aliphatic rings. The predicted molar refractivity (Wildman–Crippen MR) is 111 cm³/mol. The quantitative estimate of drug-likeness (QED) is 0.562. The largest absolute Gasteiger partial charge is 0.416 e. The summed E-state index contributed by atoms with van der Waals surface area (Å²) >= 11 is 1.65. The number of halogens is 3. The van der Waals surface area contributed by atoms with Crippen molar-refractivity contribution in [2.24, 2.45) is 0 Å². The number of thiazole rings is 1. The minimum Gasteiger partial charge on any atom is -0.369 e. The lowest BCUT2D eigenvalue weighted by Gasteiger charge is -2.36. The summed E-state index contributed by atoms with van der Waals surface area (Å²) < 4.78 is 38.9. The van der Waals surface area contributed by atoms with Crippen molar-refractivity contribution in [3.05, 3.63) is 70.7 Å². The normalized spacial score (nSPS) is 15.7. The summed E-state index contributed by atoms with van der Waals surface area (Å²) in [5.74, 6) is 0. The summed E-state index contributed by atoms with van der Waals surface area (Å²) in [6.45, 7) is 5.86. The fourth-order valence-electron chi connectivity index (χ4n) is 3.59. The highest BCUT2D eigenvalue weighted by molar-refractivity contribution is 7.13. The number of nitrogens with zero attached hydrogens (tertiary/aromatic N) is 3. The van der Waals surface area contributed by atoms with Gasteiger partial charge in [-0.25, -0.2) is 4.98 Å². The Bertz CT molecular complexity index is 975. The van der Waals surface area contributed by atoms with Crippen LogP contribution in [0, 0.1) is 6.92 Å². The minimum absolute atomic E-state index is 0.594. The molecule has 3 aromatic rings. The SMILES string of the molecule is Cc1ccccc1-c1nc(CN2CCN(c3cccc(C(F)(F)F)c3)CC2)cs1. The van der Waals surface area contributed by atoms with Gasteiger partial charge in [0.05, 0.1) is 11.3 Å². The van der Waals surface area contributed by atoms with E-state index in [1.807, 2.05) is 17.0 Å². The van der Waals surface area contributed by atoms with Crippen LogP contribution in [0.15, 0.2) is 53.9 Å². The monoisotopic (exact) mass is 417 g/mol. The first-order chi connectivity index (χ1) is 13.9. The molecule has 1 aromatic heterocycles. The van der Waals surface area contributed by atoms with Crippen molar-refractivity contribution in [3.8, 4) is 10.6 Å². The molecule has 0 atom stereocenters. The van der Waals surface area contributed by atoms with E-state index in [0.29, 0.717) is 18.8 Å². The first-order valence-corrected chi connectivity index (χ1v) is 10.4. The first-order valence-electron chi connectivity index (χ1n) is 9.55. The molecule has 1 aliphatic heterocycles. The average molecular weight is 418 g/mol. The predicted octanol–water partition coefficient (Wildman–Crippen LogP) is 5.46. The zero-order chi connectivity index (χ0) is 20.4. The summed E-state index contributed by atoms with van der Waals surface area (Å²) in [6, 6.07) is 13.8. The number of benzene rings is 2. The number of aryl methyl sites for hydroxylation is 1. The molecule has 2 aromatic carbocycles. The molecule has 1 saturated heterocycles. The second kappa shape index (κ2) is 8.16. The Morgan fingerprint density at radius 3 is 2.48 bits per heavy atom. The Kier molecular flexibility index (Phi) is 5.61. The second-order valence-electron chi connectivity index (χ2n) is 7.27. The topological polar surface area (TPSA) is 19.4 Å². The molecule has 0 aliphatic carbocycles. The van der Waals surface area contributed by atoms with Crippen LogP contribution in [0.2, 0.25) is 0 Å². The molecular weight excluding hydrogens is 395 g/mol. The van der Waals surface area contributed by atoms with Crippen LogP contribution < -0.4 is 4.90 Å². The molecule has 7 heteroatoms. The Balaban J connectivity index is 1.37. The molecule has 0 bridgehead atoms. The van der Waals surface area contributed by atoms with E-state index in [4.69, 9.17) is 4.98 Å². The van der Waals surface area contributed by atoms with Crippen molar-refractivity contribution in [2.75, 3.05) is 31.1 Å². The van der Waals surface area contributed by atoms with E-state index in [9.17, 15) is 13.2 Å². The molecule has 4 rings (SSSR count). The number of aromatic nitrogens is 1. The molecule has 152 valence electrons. The zero-order valence-corrected chi connectivity index (χ0v) is 16.9. The third-order valence-electron chi connectivity index (χ3n) is 5.22. The molecule has 1 fully saturated rings. The lowest BCUT2D eigenvalue weighted by molar-refractivity contribution is -0.137. The molecule has 0 amide bonds. The highest BCUT2D eigenvalue weighted by Crippen LogP contribution is 2.32. The molecule has 0 N–H and O–H groups in total. The summed E-state index contributed by atoms with van der Waals surface area (Å²) in [5.41, 5.74) is 3.46. The molecule has 29 heavy (non-hydrogen) atoms. The van der Waals surface area contributed by atoms with Crippen molar-refractivity contribution in [1.29, 1.82) is 0 Å². The maximum Gasteiger partial charge on any atom is 0.416 e. The van der Waals surface area contributed by atoms with E-state index in [-0.39, 0.29) is 0 Å². The maximum atomic E-state index is 13.0. The van der Waals surface area contributed by atoms with Crippen LogP contribution >= 0.6 is 11.3 Å². The van der Waals surface area contributed by atoms with Gasteiger partial charge in [-0.3, -0.25) is 4.90 Å². The lowest BCUT2D eigenvalue weighted by atomic mass is 10.1. The van der Waals surface area contributed by atoms with Gasteiger partial charge in [-0.15, -0.1) is 11.3 Å². The van der Waals surface area contributed by atoms with Crippen molar-refractivity contribution in [3.63, 3.8) is 0 Å². The van der Waals surface area contributed by atoms with Crippen molar-refractivity contribution in [2.45, 2.75) is 19.6 Å². The molecule has 2 heterocycles. The van der Waals surface area contributed by atoms with Gasteiger partial charge in [-0.2, -0.15) is 13.2 Å². The van der Waals surface area contributed by atoms with E-state index in [0.717, 1.165) is 42.0 Å². The van der Waals surface area contributed by atoms with E-state index in [2.05, 4.69) is 29.3 Å². The van der Waals surface area contributed by atoms with Gasteiger partial charge in [0.15, 0.2) is 0 Å². The van der Waals surface area contributed by atoms with Gasteiger partial charge >= 0.3 is 6.18 Å². The highest BCUT2D eigenvalue weighted by Gasteiger charge is 2.31. The van der Waals surface area contributed by atoms with Gasteiger partial charge in [0, 0.05) is 49.4 Å². The number of hydrogen-bond acceptors (Lipinski definition) is 4. The van der Waals surface area contributed by atoms with Gasteiger partial charge in [0.1, 0.15) is 5.01 Å². The van der Waals surface area contributed by atoms with Crippen LogP contribution in [-0.4, -0.2) is 36.1 Å². The van der Waals surface area contributed by atoms with Crippen molar-refractivity contribution >= 4 is 17.0 Å². The smallest absolute Gasteiger partial charge is 0.369 e. The number of alkyl halides is 3. The number of rotatable bonds is 4. The second-order valence-corrected chi connectivity index (χ2v) is 8.13. The van der Waals surface area contributed by atoms with Gasteiger partial charge in [0.25, 0.3) is 0 Å². The van der Waals surface area contributed by atoms with Crippen LogP contribution in [0.4, 0.5) is 18.9 Å². The Morgan fingerprint density at radius 1 is 1.00 bits per heavy atom. The van der Waals surface area contributed by atoms with Gasteiger partial charge in [-0.05, 0) is 30.7 Å². The third-order valence-corrected chi connectivity index (χ3v) is 6.15. The van der Waals surface area contributed by atoms with E-state index in [1.165, 1.54) is 17.7 Å². The Hall–Kier alpha value is -2.38. The number of anilines is 1. The molecule has 0 unspecified atom stereocenters. The van der Waals surface area contributed by atoms with Crippen molar-refractivity contribution < 1.29 is 13.2 Å². The van der Waals surface area contributed by atoms with Crippen LogP contribution in [-0.2, 0) is 12.7 Å². The number of hydrogen-bond donors (Lipinski definition) is 0. The van der Waals surface area contributed by atoms with Crippen LogP contribution in [0.3, 0.4) is 0 Å². The fraction of sp³-hybridized carbons (Fsp3) is 0.318.